The second-order valence-electron chi connectivity index (χ2n) is 27.1. The fourth-order valence-electron chi connectivity index (χ4n) is 13.1. The molecule has 9 rings (SSSR count). The standard InChI is InChI=1S/C38H53Br2FN2S3.C38H55FN2S3.C4H8O.BHNS/c1-3-5-7-9-11-13-15-17-19-21-23-28-25-32(44-37(28)39)30-27-31(41)34(36-35(30)42-46-43-36)33-26-29(38(40)45-33)24-22-20-18-16-14-12-10-8-6-4-2;1-3-5-7-9-11-13-15-17-19-21-23-30-25-34(42-28-30)32-27-33(39)36(38-37(32)40-44-41-38)35-26-31(29-43-35)24-22-20-18-16-14-12-10-8-6-4-2;1-2-4-5-3-1;1-2-3/h25-27H,3-24H2,1-2H3;25-29H,3-24H2,1-2H3;1-4H2;3H. The summed E-state index contributed by atoms with van der Waals surface area (Å²) in [6, 6.07) is 12.2. The summed E-state index contributed by atoms with van der Waals surface area (Å²) in [5.41, 5.74) is 11.3. The number of aromatic nitrogens is 4. The number of ether oxygens (including phenoxy) is 1. The van der Waals surface area contributed by atoms with Gasteiger partial charge in [0.2, 0.25) is 0 Å². The molecule has 0 bridgehead atoms. The Kier molecular flexibility index (Phi) is 45.7. The third-order valence-corrected chi connectivity index (χ3v) is 25.9. The molecule has 2 aromatic carbocycles. The predicted octanol–water partition coefficient (Wildman–Crippen LogP) is 30.9. The maximum absolute atomic E-state index is 16.0. The van der Waals surface area contributed by atoms with Crippen LogP contribution in [0.4, 0.5) is 8.78 Å². The van der Waals surface area contributed by atoms with Gasteiger partial charge in [-0.25, -0.2) is 8.78 Å². The zero-order valence-corrected chi connectivity index (χ0v) is 69.2. The first-order valence-corrected chi connectivity index (χ1v) is 45.2. The van der Waals surface area contributed by atoms with E-state index in [2.05, 4.69) is 137 Å². The molecule has 18 heteroatoms. The van der Waals surface area contributed by atoms with Crippen LogP contribution in [-0.2, 0) is 30.4 Å². The van der Waals surface area contributed by atoms with Gasteiger partial charge in [0.1, 0.15) is 33.7 Å². The van der Waals surface area contributed by atoms with Gasteiger partial charge in [-0.1, -0.05) is 259 Å². The molecule has 1 saturated heterocycles. The molecular formula is C80H117BBr2F2N5OS7. The Morgan fingerprint density at radius 3 is 1.06 bits per heavy atom. The Hall–Kier alpha value is -2.13. The number of unbranched alkanes of at least 4 members (excludes halogenated alkanes) is 36. The molecular weight excluding hydrogens is 1480 g/mol. The molecule has 1 aliphatic heterocycles. The Labute approximate surface area is 639 Å². The maximum atomic E-state index is 16.0. The van der Waals surface area contributed by atoms with E-state index in [0.29, 0.717) is 22.2 Å². The molecule has 0 amide bonds. The number of nitrogens with zero attached hydrogens (tertiary/aromatic N) is 5. The molecule has 8 aromatic rings. The summed E-state index contributed by atoms with van der Waals surface area (Å²) >= 11 is 19.8. The van der Waals surface area contributed by atoms with Crippen LogP contribution in [0.3, 0.4) is 0 Å². The Bertz CT molecular complexity index is 3360. The quantitative estimate of drug-likeness (QED) is 0.0234. The minimum absolute atomic E-state index is 0.183. The van der Waals surface area contributed by atoms with Crippen molar-refractivity contribution in [3.05, 3.63) is 88.6 Å². The van der Waals surface area contributed by atoms with Gasteiger partial charge in [-0.05, 0) is 165 Å². The summed E-state index contributed by atoms with van der Waals surface area (Å²) in [4.78, 5) is 4.07. The molecule has 0 saturated carbocycles. The predicted molar refractivity (Wildman–Crippen MR) is 443 cm³/mol. The molecule has 0 spiro atoms. The summed E-state index contributed by atoms with van der Waals surface area (Å²) in [7, 11) is 4.34. The summed E-state index contributed by atoms with van der Waals surface area (Å²) in [6.07, 6.45) is 60.5. The number of thiophene rings is 4. The molecule has 7 heterocycles. The van der Waals surface area contributed by atoms with Crippen LogP contribution in [0, 0.1) is 11.6 Å². The van der Waals surface area contributed by atoms with E-state index in [1.165, 1.54) is 315 Å². The average molecular weight is 1600 g/mol. The van der Waals surface area contributed by atoms with Crippen LogP contribution < -0.4 is 0 Å². The first-order valence-electron chi connectivity index (χ1n) is 38.4. The molecule has 1 radical (unpaired) electrons. The number of halogens is 4. The van der Waals surface area contributed by atoms with E-state index in [0.717, 1.165) is 88.1 Å². The Morgan fingerprint density at radius 1 is 0.398 bits per heavy atom. The van der Waals surface area contributed by atoms with E-state index in [1.54, 1.807) is 57.5 Å². The Balaban J connectivity index is 0.000000278. The van der Waals surface area contributed by atoms with E-state index < -0.39 is 0 Å². The molecule has 6 aromatic heterocycles. The fourth-order valence-corrected chi connectivity index (χ4v) is 19.8. The van der Waals surface area contributed by atoms with Crippen LogP contribution in [0.5, 0.6) is 0 Å². The first-order chi connectivity index (χ1) is 48.1. The third-order valence-electron chi connectivity index (χ3n) is 18.9. The molecule has 6 nitrogen and oxygen atoms in total. The van der Waals surface area contributed by atoms with Gasteiger partial charge in [-0.2, -0.15) is 17.5 Å². The van der Waals surface area contributed by atoms with Crippen LogP contribution in [0.2, 0.25) is 0 Å². The summed E-state index contributed by atoms with van der Waals surface area (Å²) in [5, 5.41) is 4.46. The van der Waals surface area contributed by atoms with Crippen LogP contribution in [0.1, 0.15) is 320 Å². The molecule has 1 aliphatic rings. The zero-order chi connectivity index (χ0) is 69.6. The second-order valence-corrected chi connectivity index (χ2v) is 35.0. The topological polar surface area (TPSA) is 73.2 Å². The van der Waals surface area contributed by atoms with Crippen molar-refractivity contribution in [3.8, 4) is 41.8 Å². The van der Waals surface area contributed by atoms with Crippen molar-refractivity contribution in [2.45, 2.75) is 323 Å². The molecule has 0 N–H and O–H groups in total. The van der Waals surface area contributed by atoms with Gasteiger partial charge >= 0.3 is 24.8 Å². The SMILES string of the molecule is C1CCOC1.CCCCCCCCCCCCc1cc(-c2cc(F)c(-c3cc(CCCCCCCCCCCC)c(Br)s3)c3nsnc23)sc1Br.CCCCCCCCCCCCc1csc(-c2cc(F)c(-c3cc(CCCCCCCCCCCC)cs3)c3nsnc23)c1.[B]=NS. The van der Waals surface area contributed by atoms with Gasteiger partial charge in [0, 0.05) is 43.8 Å². The van der Waals surface area contributed by atoms with Crippen LogP contribution in [0.15, 0.2) is 59.0 Å². The van der Waals surface area contributed by atoms with Crippen LogP contribution in [0.25, 0.3) is 63.8 Å². The number of benzene rings is 2. The number of thiol groups is 1. The van der Waals surface area contributed by atoms with Crippen molar-refractivity contribution >= 4 is 143 Å². The van der Waals surface area contributed by atoms with Crippen LogP contribution >= 0.6 is 113 Å². The molecule has 98 heavy (non-hydrogen) atoms. The Morgan fingerprint density at radius 2 is 0.694 bits per heavy atom. The van der Waals surface area contributed by atoms with Gasteiger partial charge < -0.3 is 4.74 Å². The molecule has 541 valence electrons. The monoisotopic (exact) mass is 1590 g/mol. The number of aryl methyl sites for hydroxylation is 4. The number of hydrogen-bond donors (Lipinski definition) is 1. The van der Waals surface area contributed by atoms with E-state index in [9.17, 15) is 0 Å². The van der Waals surface area contributed by atoms with Gasteiger partial charge in [0.25, 0.3) is 0 Å². The van der Waals surface area contributed by atoms with Crippen molar-refractivity contribution in [2.24, 2.45) is 4.30 Å². The molecule has 1 fully saturated rings. The summed E-state index contributed by atoms with van der Waals surface area (Å²) in [6.45, 7) is 11.1. The van der Waals surface area contributed by atoms with Gasteiger partial charge in [0.15, 0.2) is 0 Å². The van der Waals surface area contributed by atoms with Gasteiger partial charge in [-0.3, -0.25) is 0 Å². The normalized spacial score (nSPS) is 12.1. The third kappa shape index (κ3) is 31.3. The van der Waals surface area contributed by atoms with Crippen molar-refractivity contribution in [1.29, 1.82) is 0 Å². The van der Waals surface area contributed by atoms with Crippen molar-refractivity contribution in [3.63, 3.8) is 0 Å². The number of fused-ring (bicyclic) bond motifs is 2. The van der Waals surface area contributed by atoms with Crippen LogP contribution in [-0.4, -0.2) is 38.3 Å². The first kappa shape index (κ1) is 84.8. The summed E-state index contributed by atoms with van der Waals surface area (Å²) in [5.74, 6) is -0.396. The molecule has 0 unspecified atom stereocenters. The van der Waals surface area contributed by atoms with E-state index in [1.807, 2.05) is 0 Å². The average Bonchev–Trinajstić information content (AvgIpc) is 1.58. The van der Waals surface area contributed by atoms with E-state index in [-0.39, 0.29) is 11.6 Å². The number of hydrogen-bond acceptors (Lipinski definition) is 13. The number of rotatable bonds is 48. The van der Waals surface area contributed by atoms with E-state index in [4.69, 9.17) is 4.74 Å². The van der Waals surface area contributed by atoms with Crippen molar-refractivity contribution < 1.29 is 13.5 Å². The van der Waals surface area contributed by atoms with Crippen molar-refractivity contribution in [1.82, 2.24) is 17.5 Å². The van der Waals surface area contributed by atoms with E-state index >= 15 is 8.78 Å². The van der Waals surface area contributed by atoms with Gasteiger partial charge in [0.05, 0.1) is 42.2 Å². The molecule has 0 aliphatic carbocycles. The second kappa shape index (κ2) is 52.8. The van der Waals surface area contributed by atoms with Crippen molar-refractivity contribution in [2.75, 3.05) is 13.2 Å². The fraction of sp³-hybridized carbons (Fsp3) is 0.650. The summed E-state index contributed by atoms with van der Waals surface area (Å²) < 4.78 is 60.1. The van der Waals surface area contributed by atoms with Gasteiger partial charge in [-0.15, -0.1) is 45.3 Å². The molecule has 0 atom stereocenters. The minimum atomic E-state index is -0.213. The zero-order valence-electron chi connectivity index (χ0n) is 60.2.